The van der Waals surface area contributed by atoms with Gasteiger partial charge in [0.15, 0.2) is 0 Å². The van der Waals surface area contributed by atoms with Crippen molar-refractivity contribution in [2.24, 2.45) is 5.73 Å². The average molecular weight is 220 g/mol. The molecule has 0 fully saturated rings. The maximum atomic E-state index is 5.39. The van der Waals surface area contributed by atoms with Crippen molar-refractivity contribution < 1.29 is 0 Å². The molecule has 0 aliphatic rings. The maximum Gasteiger partial charge on any atom is 0.00745 e. The lowest BCUT2D eigenvalue weighted by atomic mass is 10.1. The quantitative estimate of drug-likeness (QED) is 0.627. The van der Waals surface area contributed by atoms with Gasteiger partial charge in [0.2, 0.25) is 0 Å². The molecule has 2 heteroatoms. The van der Waals surface area contributed by atoms with E-state index in [9.17, 15) is 0 Å². The first-order chi connectivity index (χ1) is 7.93. The second-order valence-corrected chi connectivity index (χ2v) is 4.19. The first kappa shape index (κ1) is 13.2. The highest BCUT2D eigenvalue weighted by Crippen LogP contribution is 2.07. The number of benzene rings is 1. The molecule has 2 nitrogen and oxygen atoms in total. The Morgan fingerprint density at radius 1 is 0.875 bits per heavy atom. The largest absolute Gasteiger partial charge is 0.329 e. The van der Waals surface area contributed by atoms with Gasteiger partial charge in [-0.15, -0.1) is 0 Å². The lowest BCUT2D eigenvalue weighted by Crippen LogP contribution is -2.23. The SMILES string of the molecule is NCCNCCCCCCc1ccccc1. The number of nitrogens with one attached hydrogen (secondary N) is 1. The maximum absolute atomic E-state index is 5.39. The highest BCUT2D eigenvalue weighted by atomic mass is 14.9. The molecule has 1 aromatic rings. The summed E-state index contributed by atoms with van der Waals surface area (Å²) in [5.74, 6) is 0. The van der Waals surface area contributed by atoms with Crippen LogP contribution in [0.1, 0.15) is 31.2 Å². The van der Waals surface area contributed by atoms with E-state index in [0.29, 0.717) is 0 Å². The normalized spacial score (nSPS) is 10.6. The zero-order chi connectivity index (χ0) is 11.5. The van der Waals surface area contributed by atoms with Crippen molar-refractivity contribution in [3.8, 4) is 0 Å². The van der Waals surface area contributed by atoms with E-state index in [0.717, 1.165) is 19.6 Å². The van der Waals surface area contributed by atoms with Gasteiger partial charge in [-0.25, -0.2) is 0 Å². The van der Waals surface area contributed by atoms with Crippen LogP contribution in [0, 0.1) is 0 Å². The molecule has 0 amide bonds. The third-order valence-electron chi connectivity index (χ3n) is 2.73. The number of hydrogen-bond acceptors (Lipinski definition) is 2. The van der Waals surface area contributed by atoms with E-state index in [-0.39, 0.29) is 0 Å². The molecular weight excluding hydrogens is 196 g/mol. The minimum absolute atomic E-state index is 0.744. The van der Waals surface area contributed by atoms with E-state index >= 15 is 0 Å². The number of rotatable bonds is 9. The molecular formula is C14H24N2. The molecule has 0 heterocycles. The molecule has 0 aliphatic heterocycles. The molecule has 16 heavy (non-hydrogen) atoms. The minimum Gasteiger partial charge on any atom is -0.329 e. The first-order valence-electron chi connectivity index (χ1n) is 6.38. The van der Waals surface area contributed by atoms with Gasteiger partial charge in [-0.05, 0) is 31.4 Å². The Morgan fingerprint density at radius 3 is 2.38 bits per heavy atom. The Labute approximate surface area is 99.2 Å². The molecule has 0 spiro atoms. The lowest BCUT2D eigenvalue weighted by molar-refractivity contribution is 0.591. The molecule has 0 atom stereocenters. The molecule has 0 radical (unpaired) electrons. The van der Waals surface area contributed by atoms with Crippen molar-refractivity contribution in [2.75, 3.05) is 19.6 Å². The van der Waals surface area contributed by atoms with Crippen molar-refractivity contribution in [1.82, 2.24) is 5.32 Å². The van der Waals surface area contributed by atoms with Gasteiger partial charge >= 0.3 is 0 Å². The summed E-state index contributed by atoms with van der Waals surface area (Å²) in [5.41, 5.74) is 6.85. The van der Waals surface area contributed by atoms with Crippen LogP contribution in [0.25, 0.3) is 0 Å². The summed E-state index contributed by atoms with van der Waals surface area (Å²) < 4.78 is 0. The summed E-state index contributed by atoms with van der Waals surface area (Å²) in [7, 11) is 0. The van der Waals surface area contributed by atoms with Crippen LogP contribution in [0.15, 0.2) is 30.3 Å². The van der Waals surface area contributed by atoms with E-state index in [1.165, 1.54) is 37.7 Å². The number of hydrogen-bond donors (Lipinski definition) is 2. The van der Waals surface area contributed by atoms with Crippen LogP contribution in [0.2, 0.25) is 0 Å². The monoisotopic (exact) mass is 220 g/mol. The minimum atomic E-state index is 0.744. The van der Waals surface area contributed by atoms with E-state index in [2.05, 4.69) is 35.6 Å². The lowest BCUT2D eigenvalue weighted by Gasteiger charge is -2.03. The van der Waals surface area contributed by atoms with Crippen molar-refractivity contribution in [2.45, 2.75) is 32.1 Å². The fraction of sp³-hybridized carbons (Fsp3) is 0.571. The summed E-state index contributed by atoms with van der Waals surface area (Å²) in [4.78, 5) is 0. The summed E-state index contributed by atoms with van der Waals surface area (Å²) in [5, 5.41) is 3.32. The predicted molar refractivity (Wildman–Crippen MR) is 70.5 cm³/mol. The zero-order valence-electron chi connectivity index (χ0n) is 10.1. The number of unbranched alkanes of at least 4 members (excludes halogenated alkanes) is 3. The van der Waals surface area contributed by atoms with Crippen LogP contribution < -0.4 is 11.1 Å². The first-order valence-corrected chi connectivity index (χ1v) is 6.38. The standard InChI is InChI=1S/C14H24N2/c15-11-13-16-12-7-2-1-4-8-14-9-5-3-6-10-14/h3,5-6,9-10,16H,1-2,4,7-8,11-13,15H2. The predicted octanol–water partition coefficient (Wildman–Crippen LogP) is 2.34. The van der Waals surface area contributed by atoms with Crippen molar-refractivity contribution in [3.63, 3.8) is 0 Å². The Kier molecular flexibility index (Phi) is 7.74. The van der Waals surface area contributed by atoms with Gasteiger partial charge in [-0.1, -0.05) is 43.2 Å². The molecule has 0 aliphatic carbocycles. The Balaban J connectivity index is 1.89. The second-order valence-electron chi connectivity index (χ2n) is 4.19. The molecule has 0 saturated heterocycles. The van der Waals surface area contributed by atoms with Crippen LogP contribution >= 0.6 is 0 Å². The fourth-order valence-electron chi connectivity index (χ4n) is 1.80. The zero-order valence-corrected chi connectivity index (χ0v) is 10.1. The van der Waals surface area contributed by atoms with Crippen molar-refractivity contribution >= 4 is 0 Å². The molecule has 3 N–H and O–H groups in total. The molecule has 1 rings (SSSR count). The van der Waals surface area contributed by atoms with Gasteiger partial charge in [0.25, 0.3) is 0 Å². The van der Waals surface area contributed by atoms with Gasteiger partial charge in [0, 0.05) is 13.1 Å². The average Bonchev–Trinajstić information content (AvgIpc) is 2.34. The van der Waals surface area contributed by atoms with E-state index in [4.69, 9.17) is 5.73 Å². The van der Waals surface area contributed by atoms with Gasteiger partial charge in [0.1, 0.15) is 0 Å². The highest BCUT2D eigenvalue weighted by molar-refractivity contribution is 5.14. The van der Waals surface area contributed by atoms with E-state index < -0.39 is 0 Å². The topological polar surface area (TPSA) is 38.0 Å². The highest BCUT2D eigenvalue weighted by Gasteiger charge is 1.93. The Bertz CT molecular complexity index is 246. The van der Waals surface area contributed by atoms with Gasteiger partial charge in [-0.2, -0.15) is 0 Å². The van der Waals surface area contributed by atoms with E-state index in [1.54, 1.807) is 0 Å². The third-order valence-corrected chi connectivity index (χ3v) is 2.73. The number of aryl methyl sites for hydroxylation is 1. The van der Waals surface area contributed by atoms with Crippen LogP contribution in [-0.2, 0) is 6.42 Å². The molecule has 1 aromatic carbocycles. The van der Waals surface area contributed by atoms with Gasteiger partial charge in [-0.3, -0.25) is 0 Å². The fourth-order valence-corrected chi connectivity index (χ4v) is 1.80. The number of nitrogens with two attached hydrogens (primary N) is 1. The van der Waals surface area contributed by atoms with Crippen LogP contribution in [0.3, 0.4) is 0 Å². The summed E-state index contributed by atoms with van der Waals surface area (Å²) in [6, 6.07) is 10.7. The summed E-state index contributed by atoms with van der Waals surface area (Å²) in [6.07, 6.45) is 6.45. The van der Waals surface area contributed by atoms with Gasteiger partial charge < -0.3 is 11.1 Å². The molecule has 90 valence electrons. The van der Waals surface area contributed by atoms with E-state index in [1.807, 2.05) is 0 Å². The Morgan fingerprint density at radius 2 is 1.62 bits per heavy atom. The van der Waals surface area contributed by atoms with Crippen molar-refractivity contribution in [1.29, 1.82) is 0 Å². The molecule has 0 saturated carbocycles. The molecule has 0 unspecified atom stereocenters. The van der Waals surface area contributed by atoms with Crippen LogP contribution in [0.5, 0.6) is 0 Å². The molecule has 0 bridgehead atoms. The van der Waals surface area contributed by atoms with Crippen LogP contribution in [-0.4, -0.2) is 19.6 Å². The smallest absolute Gasteiger partial charge is 0.00745 e. The van der Waals surface area contributed by atoms with Crippen molar-refractivity contribution in [3.05, 3.63) is 35.9 Å². The third kappa shape index (κ3) is 6.59. The summed E-state index contributed by atoms with van der Waals surface area (Å²) >= 11 is 0. The van der Waals surface area contributed by atoms with Crippen LogP contribution in [0.4, 0.5) is 0 Å². The second kappa shape index (κ2) is 9.37. The summed E-state index contributed by atoms with van der Waals surface area (Å²) in [6.45, 7) is 2.81. The van der Waals surface area contributed by atoms with Gasteiger partial charge in [0.05, 0.1) is 0 Å². The Hall–Kier alpha value is -0.860. The molecule has 0 aromatic heterocycles.